The fourth-order valence-corrected chi connectivity index (χ4v) is 2.76. The molecule has 16 heavy (non-hydrogen) atoms. The van der Waals surface area contributed by atoms with Gasteiger partial charge in [0.2, 0.25) is 10.0 Å². The molecule has 0 aromatic heterocycles. The highest BCUT2D eigenvalue weighted by Crippen LogP contribution is 2.14. The SMILES string of the molecule is CC(C)N(C)S(=O)(=O)Cc1cccc(N)c1. The predicted molar refractivity (Wildman–Crippen MR) is 66.4 cm³/mol. The Kier molecular flexibility index (Phi) is 3.93. The van der Waals surface area contributed by atoms with E-state index < -0.39 is 10.0 Å². The lowest BCUT2D eigenvalue weighted by atomic mass is 10.2. The molecule has 0 bridgehead atoms. The Hall–Kier alpha value is -1.07. The number of nitrogen functional groups attached to an aromatic ring is 1. The summed E-state index contributed by atoms with van der Waals surface area (Å²) in [5.41, 5.74) is 6.90. The average molecular weight is 242 g/mol. The molecular weight excluding hydrogens is 224 g/mol. The van der Waals surface area contributed by atoms with Crippen molar-refractivity contribution in [3.05, 3.63) is 29.8 Å². The quantitative estimate of drug-likeness (QED) is 0.813. The number of nitrogens with two attached hydrogens (primary N) is 1. The van der Waals surface area contributed by atoms with E-state index in [0.29, 0.717) is 11.3 Å². The smallest absolute Gasteiger partial charge is 0.218 e. The van der Waals surface area contributed by atoms with E-state index in [1.54, 1.807) is 31.3 Å². The number of sulfonamides is 1. The lowest BCUT2D eigenvalue weighted by Crippen LogP contribution is -2.33. The highest BCUT2D eigenvalue weighted by atomic mass is 32.2. The summed E-state index contributed by atoms with van der Waals surface area (Å²) >= 11 is 0. The maximum absolute atomic E-state index is 11.9. The summed E-state index contributed by atoms with van der Waals surface area (Å²) in [7, 11) is -1.66. The van der Waals surface area contributed by atoms with E-state index in [-0.39, 0.29) is 11.8 Å². The van der Waals surface area contributed by atoms with Crippen LogP contribution < -0.4 is 5.73 Å². The van der Waals surface area contributed by atoms with Crippen LogP contribution in [0.3, 0.4) is 0 Å². The monoisotopic (exact) mass is 242 g/mol. The molecule has 0 amide bonds. The van der Waals surface area contributed by atoms with Crippen LogP contribution in [0, 0.1) is 0 Å². The number of rotatable bonds is 4. The van der Waals surface area contributed by atoms with E-state index in [2.05, 4.69) is 0 Å². The molecule has 0 atom stereocenters. The van der Waals surface area contributed by atoms with Crippen molar-refractivity contribution >= 4 is 15.7 Å². The molecule has 0 saturated carbocycles. The van der Waals surface area contributed by atoms with Crippen molar-refractivity contribution in [2.75, 3.05) is 12.8 Å². The van der Waals surface area contributed by atoms with E-state index >= 15 is 0 Å². The molecule has 5 heteroatoms. The van der Waals surface area contributed by atoms with Crippen molar-refractivity contribution in [1.82, 2.24) is 4.31 Å². The van der Waals surface area contributed by atoms with E-state index in [0.717, 1.165) is 0 Å². The van der Waals surface area contributed by atoms with Gasteiger partial charge in [0.15, 0.2) is 0 Å². The molecule has 1 aromatic rings. The van der Waals surface area contributed by atoms with Crippen LogP contribution in [0.25, 0.3) is 0 Å². The Morgan fingerprint density at radius 1 is 1.38 bits per heavy atom. The molecule has 0 spiro atoms. The fourth-order valence-electron chi connectivity index (χ4n) is 1.32. The minimum absolute atomic E-state index is 0.00722. The first-order valence-corrected chi connectivity index (χ1v) is 6.74. The third-order valence-corrected chi connectivity index (χ3v) is 4.46. The van der Waals surface area contributed by atoms with Gasteiger partial charge in [-0.3, -0.25) is 0 Å². The summed E-state index contributed by atoms with van der Waals surface area (Å²) < 4.78 is 25.2. The molecular formula is C11H18N2O2S. The molecule has 0 fully saturated rings. The van der Waals surface area contributed by atoms with Crippen molar-refractivity contribution in [3.63, 3.8) is 0 Å². The van der Waals surface area contributed by atoms with Crippen molar-refractivity contribution in [1.29, 1.82) is 0 Å². The van der Waals surface area contributed by atoms with Crippen LogP contribution in [0.1, 0.15) is 19.4 Å². The van der Waals surface area contributed by atoms with Crippen molar-refractivity contribution in [3.8, 4) is 0 Å². The van der Waals surface area contributed by atoms with Gasteiger partial charge in [0.25, 0.3) is 0 Å². The summed E-state index contributed by atoms with van der Waals surface area (Å²) in [6.45, 7) is 3.69. The molecule has 0 saturated heterocycles. The van der Waals surface area contributed by atoms with Crippen LogP contribution in [0.15, 0.2) is 24.3 Å². The molecule has 0 heterocycles. The summed E-state index contributed by atoms with van der Waals surface area (Å²) in [4.78, 5) is 0. The first-order valence-electron chi connectivity index (χ1n) is 5.13. The Labute approximate surface area is 97.1 Å². The number of anilines is 1. The normalized spacial score (nSPS) is 12.3. The zero-order valence-electron chi connectivity index (χ0n) is 9.84. The van der Waals surface area contributed by atoms with Crippen molar-refractivity contribution < 1.29 is 8.42 Å². The summed E-state index contributed by atoms with van der Waals surface area (Å²) in [6, 6.07) is 6.91. The van der Waals surface area contributed by atoms with Gasteiger partial charge in [-0.15, -0.1) is 0 Å². The minimum atomic E-state index is -3.25. The van der Waals surface area contributed by atoms with Crippen LogP contribution in [-0.2, 0) is 15.8 Å². The molecule has 90 valence electrons. The molecule has 1 rings (SSSR count). The van der Waals surface area contributed by atoms with E-state index in [1.165, 1.54) is 4.31 Å². The molecule has 4 nitrogen and oxygen atoms in total. The van der Waals surface area contributed by atoms with Crippen LogP contribution >= 0.6 is 0 Å². The first-order chi connectivity index (χ1) is 7.33. The van der Waals surface area contributed by atoms with Crippen molar-refractivity contribution in [2.45, 2.75) is 25.6 Å². The Balaban J connectivity index is 2.89. The Bertz CT molecular complexity index is 455. The highest BCUT2D eigenvalue weighted by molar-refractivity contribution is 7.88. The summed E-state index contributed by atoms with van der Waals surface area (Å²) in [5.74, 6) is -0.00722. The van der Waals surface area contributed by atoms with Gasteiger partial charge in [0.1, 0.15) is 0 Å². The standard InChI is InChI=1S/C11H18N2O2S/c1-9(2)13(3)16(14,15)8-10-5-4-6-11(12)7-10/h4-7,9H,8,12H2,1-3H3. The van der Waals surface area contributed by atoms with Gasteiger partial charge in [-0.05, 0) is 31.5 Å². The third-order valence-electron chi connectivity index (χ3n) is 2.47. The number of hydrogen-bond acceptors (Lipinski definition) is 3. The molecule has 0 aliphatic heterocycles. The van der Waals surface area contributed by atoms with E-state index in [9.17, 15) is 8.42 Å². The molecule has 0 aliphatic rings. The zero-order valence-corrected chi connectivity index (χ0v) is 10.7. The summed E-state index contributed by atoms with van der Waals surface area (Å²) in [5, 5.41) is 0. The van der Waals surface area contributed by atoms with Crippen LogP contribution in [0.2, 0.25) is 0 Å². The van der Waals surface area contributed by atoms with Crippen LogP contribution in [0.5, 0.6) is 0 Å². The lowest BCUT2D eigenvalue weighted by molar-refractivity contribution is 0.410. The molecule has 0 aliphatic carbocycles. The molecule has 2 N–H and O–H groups in total. The van der Waals surface area contributed by atoms with Gasteiger partial charge in [-0.1, -0.05) is 12.1 Å². The van der Waals surface area contributed by atoms with Crippen molar-refractivity contribution in [2.24, 2.45) is 0 Å². The van der Waals surface area contributed by atoms with Gasteiger partial charge < -0.3 is 5.73 Å². The highest BCUT2D eigenvalue weighted by Gasteiger charge is 2.20. The second kappa shape index (κ2) is 4.84. The second-order valence-electron chi connectivity index (χ2n) is 4.11. The van der Waals surface area contributed by atoms with Gasteiger partial charge in [0.05, 0.1) is 5.75 Å². The zero-order chi connectivity index (χ0) is 12.3. The van der Waals surface area contributed by atoms with Crippen LogP contribution in [0.4, 0.5) is 5.69 Å². The maximum Gasteiger partial charge on any atom is 0.218 e. The van der Waals surface area contributed by atoms with Crippen LogP contribution in [-0.4, -0.2) is 25.8 Å². The van der Waals surface area contributed by atoms with Gasteiger partial charge in [-0.2, -0.15) is 0 Å². The van der Waals surface area contributed by atoms with E-state index in [1.807, 2.05) is 13.8 Å². The first kappa shape index (κ1) is 13.0. The topological polar surface area (TPSA) is 63.4 Å². The molecule has 1 aromatic carbocycles. The average Bonchev–Trinajstić information content (AvgIpc) is 2.15. The molecule has 0 unspecified atom stereocenters. The maximum atomic E-state index is 11.9. The number of benzene rings is 1. The minimum Gasteiger partial charge on any atom is -0.399 e. The predicted octanol–water partition coefficient (Wildman–Crippen LogP) is 1.44. The molecule has 0 radical (unpaired) electrons. The second-order valence-corrected chi connectivity index (χ2v) is 6.14. The Morgan fingerprint density at radius 3 is 2.50 bits per heavy atom. The number of nitrogens with zero attached hydrogens (tertiary/aromatic N) is 1. The van der Waals surface area contributed by atoms with Gasteiger partial charge in [-0.25, -0.2) is 12.7 Å². The third kappa shape index (κ3) is 3.21. The Morgan fingerprint density at radius 2 is 2.00 bits per heavy atom. The number of hydrogen-bond donors (Lipinski definition) is 1. The largest absolute Gasteiger partial charge is 0.399 e. The summed E-state index contributed by atoms with van der Waals surface area (Å²) in [6.07, 6.45) is 0. The lowest BCUT2D eigenvalue weighted by Gasteiger charge is -2.20. The van der Waals surface area contributed by atoms with Gasteiger partial charge >= 0.3 is 0 Å². The fraction of sp³-hybridized carbons (Fsp3) is 0.455. The van der Waals surface area contributed by atoms with E-state index in [4.69, 9.17) is 5.73 Å². The van der Waals surface area contributed by atoms with Gasteiger partial charge in [0, 0.05) is 18.8 Å².